The van der Waals surface area contributed by atoms with Crippen LogP contribution in [0.3, 0.4) is 0 Å². The van der Waals surface area contributed by atoms with Crippen LogP contribution in [0.25, 0.3) is 0 Å². The van der Waals surface area contributed by atoms with E-state index in [0.717, 1.165) is 9.87 Å². The molecule has 0 bridgehead atoms. The zero-order chi connectivity index (χ0) is 25.4. The number of nitrogens with one attached hydrogen (secondary N) is 1. The lowest BCUT2D eigenvalue weighted by Gasteiger charge is -2.25. The predicted octanol–water partition coefficient (Wildman–Crippen LogP) is 4.41. The minimum Gasteiger partial charge on any atom is -0.493 e. The van der Waals surface area contributed by atoms with E-state index in [0.29, 0.717) is 29.5 Å². The number of rotatable bonds is 11. The second-order valence-electron chi connectivity index (χ2n) is 7.54. The van der Waals surface area contributed by atoms with Crippen LogP contribution in [-0.2, 0) is 14.8 Å². The standard InChI is InChI=1S/C26H28N2O6S/c1-5-16-34-22-11-8-20(9-12-22)27-26(29)18-28(21-10-15-24(32-3)25(17-21)33-4)35(30,31)23-13-6-19(2)7-14-23/h5-15,17H,1,16,18H2,2-4H3,(H,27,29). The Morgan fingerprint density at radius 3 is 2.23 bits per heavy atom. The van der Waals surface area contributed by atoms with Crippen molar-refractivity contribution < 1.29 is 27.4 Å². The summed E-state index contributed by atoms with van der Waals surface area (Å²) in [4.78, 5) is 13.0. The minimum atomic E-state index is -4.07. The van der Waals surface area contributed by atoms with Crippen molar-refractivity contribution in [2.75, 3.05) is 37.0 Å². The van der Waals surface area contributed by atoms with E-state index in [2.05, 4.69) is 11.9 Å². The van der Waals surface area contributed by atoms with Crippen LogP contribution in [0, 0.1) is 6.92 Å². The lowest BCUT2D eigenvalue weighted by Crippen LogP contribution is -2.38. The lowest BCUT2D eigenvalue weighted by molar-refractivity contribution is -0.114. The summed E-state index contributed by atoms with van der Waals surface area (Å²) in [6, 6.07) is 17.9. The maximum absolute atomic E-state index is 13.6. The van der Waals surface area contributed by atoms with Gasteiger partial charge in [0.15, 0.2) is 11.5 Å². The number of sulfonamides is 1. The SMILES string of the molecule is C=CCOc1ccc(NC(=O)CN(c2ccc(OC)c(OC)c2)S(=O)(=O)c2ccc(C)cc2)cc1. The van der Waals surface area contributed by atoms with Crippen molar-refractivity contribution in [3.8, 4) is 17.2 Å². The monoisotopic (exact) mass is 496 g/mol. The van der Waals surface area contributed by atoms with E-state index < -0.39 is 22.5 Å². The molecule has 0 radical (unpaired) electrons. The highest BCUT2D eigenvalue weighted by molar-refractivity contribution is 7.92. The van der Waals surface area contributed by atoms with Crippen LogP contribution in [0.1, 0.15) is 5.56 Å². The third-order valence-electron chi connectivity index (χ3n) is 5.06. The van der Waals surface area contributed by atoms with Crippen molar-refractivity contribution in [3.05, 3.63) is 84.9 Å². The van der Waals surface area contributed by atoms with E-state index in [9.17, 15) is 13.2 Å². The van der Waals surface area contributed by atoms with Crippen molar-refractivity contribution in [3.63, 3.8) is 0 Å². The Hall–Kier alpha value is -3.98. The second-order valence-corrected chi connectivity index (χ2v) is 9.40. The molecule has 0 heterocycles. The van der Waals surface area contributed by atoms with Crippen molar-refractivity contribution in [1.82, 2.24) is 0 Å². The Bertz CT molecular complexity index is 1270. The highest BCUT2D eigenvalue weighted by Crippen LogP contribution is 2.34. The summed E-state index contributed by atoms with van der Waals surface area (Å²) < 4.78 is 44.2. The van der Waals surface area contributed by atoms with Gasteiger partial charge in [0.25, 0.3) is 10.0 Å². The number of aryl methyl sites for hydroxylation is 1. The average Bonchev–Trinajstić information content (AvgIpc) is 2.86. The molecule has 35 heavy (non-hydrogen) atoms. The number of nitrogens with zero attached hydrogens (tertiary/aromatic N) is 1. The second kappa shape index (κ2) is 11.4. The molecular weight excluding hydrogens is 468 g/mol. The van der Waals surface area contributed by atoms with Crippen LogP contribution in [-0.4, -0.2) is 41.7 Å². The van der Waals surface area contributed by atoms with Gasteiger partial charge in [-0.3, -0.25) is 9.10 Å². The van der Waals surface area contributed by atoms with Crippen molar-refractivity contribution in [2.45, 2.75) is 11.8 Å². The Balaban J connectivity index is 1.91. The van der Waals surface area contributed by atoms with Crippen LogP contribution in [0.5, 0.6) is 17.2 Å². The molecule has 3 aromatic carbocycles. The Morgan fingerprint density at radius 2 is 1.63 bits per heavy atom. The number of carbonyl (C=O) groups excluding carboxylic acids is 1. The van der Waals surface area contributed by atoms with E-state index in [1.54, 1.807) is 54.6 Å². The maximum Gasteiger partial charge on any atom is 0.264 e. The number of methoxy groups -OCH3 is 2. The molecule has 0 unspecified atom stereocenters. The molecule has 0 aromatic heterocycles. The molecule has 3 rings (SSSR count). The molecule has 0 aliphatic rings. The van der Waals surface area contributed by atoms with Crippen LogP contribution < -0.4 is 23.8 Å². The molecule has 0 saturated heterocycles. The van der Waals surface area contributed by atoms with Crippen LogP contribution in [0.2, 0.25) is 0 Å². The fraction of sp³-hybridized carbons (Fsp3) is 0.192. The molecule has 0 atom stereocenters. The van der Waals surface area contributed by atoms with Gasteiger partial charge in [0.1, 0.15) is 18.9 Å². The van der Waals surface area contributed by atoms with E-state index in [1.165, 1.54) is 32.4 Å². The van der Waals surface area contributed by atoms with Gasteiger partial charge >= 0.3 is 0 Å². The summed E-state index contributed by atoms with van der Waals surface area (Å²) in [6.45, 7) is 5.37. The van der Waals surface area contributed by atoms with Crippen LogP contribution >= 0.6 is 0 Å². The highest BCUT2D eigenvalue weighted by Gasteiger charge is 2.28. The summed E-state index contributed by atoms with van der Waals surface area (Å²) >= 11 is 0. The summed E-state index contributed by atoms with van der Waals surface area (Å²) in [6.07, 6.45) is 1.63. The summed E-state index contributed by atoms with van der Waals surface area (Å²) in [5.74, 6) is 0.879. The summed E-state index contributed by atoms with van der Waals surface area (Å²) in [5, 5.41) is 2.73. The number of ether oxygens (including phenoxy) is 3. The van der Waals surface area contributed by atoms with Gasteiger partial charge in [-0.05, 0) is 55.5 Å². The number of hydrogen-bond acceptors (Lipinski definition) is 6. The van der Waals surface area contributed by atoms with Gasteiger partial charge in [-0.25, -0.2) is 8.42 Å². The topological polar surface area (TPSA) is 94.2 Å². The lowest BCUT2D eigenvalue weighted by atomic mass is 10.2. The first kappa shape index (κ1) is 25.6. The van der Waals surface area contributed by atoms with Crippen molar-refractivity contribution in [1.29, 1.82) is 0 Å². The number of amides is 1. The van der Waals surface area contributed by atoms with Gasteiger partial charge in [-0.1, -0.05) is 30.4 Å². The summed E-state index contributed by atoms with van der Waals surface area (Å²) in [5.41, 5.74) is 1.67. The average molecular weight is 497 g/mol. The van der Waals surface area contributed by atoms with Crippen LogP contribution in [0.15, 0.2) is 84.3 Å². The van der Waals surface area contributed by atoms with E-state index in [-0.39, 0.29) is 10.6 Å². The third-order valence-corrected chi connectivity index (χ3v) is 6.85. The Morgan fingerprint density at radius 1 is 0.971 bits per heavy atom. The molecule has 184 valence electrons. The van der Waals surface area contributed by atoms with Gasteiger partial charge in [0, 0.05) is 11.8 Å². The molecule has 1 amide bonds. The molecule has 0 aliphatic heterocycles. The maximum atomic E-state index is 13.6. The van der Waals surface area contributed by atoms with Gasteiger partial charge < -0.3 is 19.5 Å². The molecular formula is C26H28N2O6S. The molecule has 9 heteroatoms. The highest BCUT2D eigenvalue weighted by atomic mass is 32.2. The largest absolute Gasteiger partial charge is 0.493 e. The van der Waals surface area contributed by atoms with Gasteiger partial charge in [0.05, 0.1) is 24.8 Å². The third kappa shape index (κ3) is 6.33. The Labute approximate surface area is 205 Å². The van der Waals surface area contributed by atoms with Gasteiger partial charge in [0.2, 0.25) is 5.91 Å². The first-order valence-corrected chi connectivity index (χ1v) is 12.2. The molecule has 8 nitrogen and oxygen atoms in total. The van der Waals surface area contributed by atoms with Gasteiger partial charge in [-0.2, -0.15) is 0 Å². The molecule has 0 spiro atoms. The molecule has 3 aromatic rings. The smallest absolute Gasteiger partial charge is 0.264 e. The molecule has 0 fully saturated rings. The number of benzene rings is 3. The van der Waals surface area contributed by atoms with E-state index in [4.69, 9.17) is 14.2 Å². The zero-order valence-electron chi connectivity index (χ0n) is 19.9. The van der Waals surface area contributed by atoms with Crippen molar-refractivity contribution >= 4 is 27.3 Å². The van der Waals surface area contributed by atoms with Crippen LogP contribution in [0.4, 0.5) is 11.4 Å². The first-order chi connectivity index (χ1) is 16.8. The predicted molar refractivity (Wildman–Crippen MR) is 136 cm³/mol. The fourth-order valence-corrected chi connectivity index (χ4v) is 4.67. The molecule has 1 N–H and O–H groups in total. The fourth-order valence-electron chi connectivity index (χ4n) is 3.25. The zero-order valence-corrected chi connectivity index (χ0v) is 20.7. The molecule has 0 aliphatic carbocycles. The Kier molecular flexibility index (Phi) is 8.38. The van der Waals surface area contributed by atoms with Gasteiger partial charge in [-0.15, -0.1) is 0 Å². The van der Waals surface area contributed by atoms with E-state index in [1.807, 2.05) is 6.92 Å². The minimum absolute atomic E-state index is 0.0643. The van der Waals surface area contributed by atoms with Crippen molar-refractivity contribution in [2.24, 2.45) is 0 Å². The normalized spacial score (nSPS) is 10.8. The number of carbonyl (C=O) groups is 1. The quantitative estimate of drug-likeness (QED) is 0.395. The summed E-state index contributed by atoms with van der Waals surface area (Å²) in [7, 11) is -1.13. The number of anilines is 2. The number of hydrogen-bond donors (Lipinski definition) is 1. The first-order valence-electron chi connectivity index (χ1n) is 10.7. The molecule has 0 saturated carbocycles. The van der Waals surface area contributed by atoms with E-state index >= 15 is 0 Å².